The van der Waals surface area contributed by atoms with Crippen molar-refractivity contribution in [2.24, 2.45) is 5.73 Å². The maximum absolute atomic E-state index is 11.0. The largest absolute Gasteiger partial charge is 0.468 e. The van der Waals surface area contributed by atoms with Crippen LogP contribution in [0.25, 0.3) is 0 Å². The molecule has 0 spiro atoms. The van der Waals surface area contributed by atoms with Gasteiger partial charge < -0.3 is 10.5 Å². The minimum absolute atomic E-state index is 0.167. The average Bonchev–Trinajstić information content (AvgIpc) is 2.65. The van der Waals surface area contributed by atoms with E-state index in [9.17, 15) is 4.79 Å². The Hall–Kier alpha value is -0.0400. The van der Waals surface area contributed by atoms with Gasteiger partial charge in [-0.3, -0.25) is 4.79 Å². The van der Waals surface area contributed by atoms with Crippen molar-refractivity contribution in [3.05, 3.63) is 20.8 Å². The van der Waals surface area contributed by atoms with E-state index in [1.54, 1.807) is 11.3 Å². The summed E-state index contributed by atoms with van der Waals surface area (Å²) in [5.41, 5.74) is 5.66. The Balaban J connectivity index is 2.53. The molecule has 2 N–H and O–H groups in total. The van der Waals surface area contributed by atoms with Crippen molar-refractivity contribution in [3.8, 4) is 0 Å². The van der Waals surface area contributed by atoms with Crippen LogP contribution in [0.4, 0.5) is 0 Å². The summed E-state index contributed by atoms with van der Waals surface area (Å²) < 4.78 is 5.63. The normalized spacial score (nSPS) is 12.5. The lowest BCUT2D eigenvalue weighted by molar-refractivity contribution is -0.137. The second kappa shape index (κ2) is 6.52. The van der Waals surface area contributed by atoms with E-state index in [1.807, 2.05) is 11.4 Å². The summed E-state index contributed by atoms with van der Waals surface area (Å²) in [5.74, 6) is 0.127. The molecule has 1 unspecified atom stereocenters. The molecule has 15 heavy (non-hydrogen) atoms. The Morgan fingerprint density at radius 3 is 3.00 bits per heavy atom. The molecule has 0 aromatic carbocycles. The van der Waals surface area contributed by atoms with Crippen molar-refractivity contribution < 1.29 is 9.53 Å². The van der Waals surface area contributed by atoms with Crippen LogP contribution in [-0.2, 0) is 9.53 Å². The fraction of sp³-hybridized carbons (Fsp3) is 0.444. The zero-order valence-electron chi connectivity index (χ0n) is 8.23. The fourth-order valence-corrected chi connectivity index (χ4v) is 3.62. The maximum Gasteiger partial charge on any atom is 0.315 e. The van der Waals surface area contributed by atoms with Crippen molar-refractivity contribution in [1.82, 2.24) is 0 Å². The molecule has 0 saturated heterocycles. The van der Waals surface area contributed by atoms with Crippen LogP contribution in [0, 0.1) is 0 Å². The number of methoxy groups -OCH3 is 1. The van der Waals surface area contributed by atoms with Crippen molar-refractivity contribution in [1.29, 1.82) is 0 Å². The molecule has 1 rings (SSSR count). The van der Waals surface area contributed by atoms with Crippen LogP contribution in [0.15, 0.2) is 15.9 Å². The molecule has 3 nitrogen and oxygen atoms in total. The summed E-state index contributed by atoms with van der Waals surface area (Å²) in [6.45, 7) is 0.522. The van der Waals surface area contributed by atoms with Crippen molar-refractivity contribution in [3.63, 3.8) is 0 Å². The first-order chi connectivity index (χ1) is 7.17. The molecule has 84 valence electrons. The maximum atomic E-state index is 11.0. The van der Waals surface area contributed by atoms with E-state index in [-0.39, 0.29) is 11.2 Å². The highest BCUT2D eigenvalue weighted by molar-refractivity contribution is 9.10. The number of carbonyl (C=O) groups is 1. The van der Waals surface area contributed by atoms with Crippen LogP contribution in [0.5, 0.6) is 0 Å². The van der Waals surface area contributed by atoms with Crippen LogP contribution in [0.1, 0.15) is 10.1 Å². The van der Waals surface area contributed by atoms with Crippen LogP contribution in [0.3, 0.4) is 0 Å². The first kappa shape index (κ1) is 13.0. The topological polar surface area (TPSA) is 52.3 Å². The number of nitrogens with two attached hydrogens (primary N) is 1. The fourth-order valence-electron chi connectivity index (χ4n) is 0.991. The molecular formula is C9H12BrNO2S2. The highest BCUT2D eigenvalue weighted by Gasteiger charge is 2.14. The van der Waals surface area contributed by atoms with E-state index in [4.69, 9.17) is 5.73 Å². The Kier molecular flexibility index (Phi) is 5.66. The molecular weight excluding hydrogens is 298 g/mol. The molecule has 1 heterocycles. The summed E-state index contributed by atoms with van der Waals surface area (Å²) >= 11 is 6.54. The smallest absolute Gasteiger partial charge is 0.315 e. The molecule has 0 aliphatic heterocycles. The van der Waals surface area contributed by atoms with E-state index in [0.717, 1.165) is 4.47 Å². The van der Waals surface area contributed by atoms with E-state index in [1.165, 1.54) is 23.7 Å². The van der Waals surface area contributed by atoms with Gasteiger partial charge in [0.05, 0.1) is 18.1 Å². The molecule has 0 fully saturated rings. The zero-order valence-corrected chi connectivity index (χ0v) is 11.5. The van der Waals surface area contributed by atoms with Gasteiger partial charge >= 0.3 is 5.97 Å². The average molecular weight is 310 g/mol. The molecule has 0 radical (unpaired) electrons. The first-order valence-corrected chi connectivity index (χ1v) is 7.02. The number of halogens is 1. The van der Waals surface area contributed by atoms with Crippen LogP contribution < -0.4 is 5.73 Å². The van der Waals surface area contributed by atoms with Crippen LogP contribution in [0.2, 0.25) is 0 Å². The first-order valence-electron chi connectivity index (χ1n) is 4.29. The summed E-state index contributed by atoms with van der Waals surface area (Å²) in [6, 6.07) is 2.03. The van der Waals surface area contributed by atoms with Crippen molar-refractivity contribution >= 4 is 45.0 Å². The van der Waals surface area contributed by atoms with Crippen molar-refractivity contribution in [2.75, 3.05) is 19.4 Å². The predicted molar refractivity (Wildman–Crippen MR) is 68.3 cm³/mol. The molecule has 6 heteroatoms. The van der Waals surface area contributed by atoms with Crippen molar-refractivity contribution in [2.45, 2.75) is 5.25 Å². The second-order valence-electron chi connectivity index (χ2n) is 2.78. The highest BCUT2D eigenvalue weighted by Crippen LogP contribution is 2.33. The van der Waals surface area contributed by atoms with Gasteiger partial charge in [0.25, 0.3) is 0 Å². The van der Waals surface area contributed by atoms with Gasteiger partial charge in [0.1, 0.15) is 0 Å². The molecule has 0 saturated carbocycles. The number of carbonyl (C=O) groups excluding carboxylic acids is 1. The van der Waals surface area contributed by atoms with Gasteiger partial charge in [0.2, 0.25) is 0 Å². The lowest BCUT2D eigenvalue weighted by Crippen LogP contribution is -2.12. The lowest BCUT2D eigenvalue weighted by Gasteiger charge is -2.11. The molecule has 0 bridgehead atoms. The Labute approximate surface area is 106 Å². The van der Waals surface area contributed by atoms with Gasteiger partial charge in [-0.1, -0.05) is 0 Å². The Bertz CT molecular complexity index is 330. The number of thiophene rings is 1. The summed E-state index contributed by atoms with van der Waals surface area (Å²) in [5, 5.41) is 2.18. The number of rotatable bonds is 5. The van der Waals surface area contributed by atoms with Gasteiger partial charge in [-0.25, -0.2) is 0 Å². The number of esters is 1. The van der Waals surface area contributed by atoms with E-state index < -0.39 is 0 Å². The summed E-state index contributed by atoms with van der Waals surface area (Å²) in [6.07, 6.45) is 0. The van der Waals surface area contributed by atoms with Crippen LogP contribution >= 0.6 is 39.0 Å². The minimum atomic E-state index is -0.214. The molecule has 1 aromatic heterocycles. The molecule has 1 atom stereocenters. The number of hydrogen-bond donors (Lipinski definition) is 1. The minimum Gasteiger partial charge on any atom is -0.468 e. The van der Waals surface area contributed by atoms with Gasteiger partial charge in [-0.15, -0.1) is 23.1 Å². The standard InChI is InChI=1S/C9H12BrNO2S2/c1-13-9(12)5-15-8(3-11)7-2-6(10)4-14-7/h2,4,8H,3,5,11H2,1H3. The third-order valence-electron chi connectivity index (χ3n) is 1.75. The molecule has 0 amide bonds. The van der Waals surface area contributed by atoms with Gasteiger partial charge in [0.15, 0.2) is 0 Å². The van der Waals surface area contributed by atoms with Gasteiger partial charge in [-0.05, 0) is 22.0 Å². The predicted octanol–water partition coefficient (Wildman–Crippen LogP) is 2.42. The molecule has 1 aromatic rings. The highest BCUT2D eigenvalue weighted by atomic mass is 79.9. The Morgan fingerprint density at radius 2 is 2.53 bits per heavy atom. The van der Waals surface area contributed by atoms with Crippen LogP contribution in [-0.4, -0.2) is 25.4 Å². The lowest BCUT2D eigenvalue weighted by atomic mass is 10.3. The zero-order chi connectivity index (χ0) is 11.3. The van der Waals surface area contributed by atoms with E-state index in [2.05, 4.69) is 20.7 Å². The monoisotopic (exact) mass is 309 g/mol. The Morgan fingerprint density at radius 1 is 1.80 bits per heavy atom. The third-order valence-corrected chi connectivity index (χ3v) is 4.96. The van der Waals surface area contributed by atoms with E-state index >= 15 is 0 Å². The molecule has 0 aliphatic carbocycles. The van der Waals surface area contributed by atoms with Gasteiger partial charge in [-0.2, -0.15) is 0 Å². The molecule has 0 aliphatic rings. The summed E-state index contributed by atoms with van der Waals surface area (Å²) in [7, 11) is 1.39. The number of hydrogen-bond acceptors (Lipinski definition) is 5. The summed E-state index contributed by atoms with van der Waals surface area (Å²) in [4.78, 5) is 12.2. The third kappa shape index (κ3) is 4.14. The number of thioether (sulfide) groups is 1. The van der Waals surface area contributed by atoms with Gasteiger partial charge in [0, 0.05) is 21.3 Å². The second-order valence-corrected chi connectivity index (χ2v) is 5.83. The SMILES string of the molecule is COC(=O)CSC(CN)c1cc(Br)cs1. The quantitative estimate of drug-likeness (QED) is 0.849. The van der Waals surface area contributed by atoms with E-state index in [0.29, 0.717) is 12.3 Å². The number of ether oxygens (including phenoxy) is 1.